The highest BCUT2D eigenvalue weighted by Crippen LogP contribution is 2.10. The molecule has 0 radical (unpaired) electrons. The number of rotatable bonds is 6. The molecule has 2 aromatic rings. The fourth-order valence-corrected chi connectivity index (χ4v) is 2.67. The molecule has 4 nitrogen and oxygen atoms in total. The van der Waals surface area contributed by atoms with Crippen molar-refractivity contribution in [2.24, 2.45) is 4.99 Å². The summed E-state index contributed by atoms with van der Waals surface area (Å²) < 4.78 is 1.75. The number of thioether (sulfide) groups is 1. The predicted octanol–water partition coefficient (Wildman–Crippen LogP) is 4.21. The van der Waals surface area contributed by atoms with E-state index in [1.54, 1.807) is 16.9 Å². The molecule has 0 bridgehead atoms. The lowest BCUT2D eigenvalue weighted by atomic mass is 10.2. The minimum absolute atomic E-state index is 0.143. The molecule has 1 heterocycles. The van der Waals surface area contributed by atoms with Crippen molar-refractivity contribution < 1.29 is 4.79 Å². The van der Waals surface area contributed by atoms with Gasteiger partial charge in [-0.15, -0.1) is 0 Å². The second-order valence-electron chi connectivity index (χ2n) is 4.95. The summed E-state index contributed by atoms with van der Waals surface area (Å²) in [5.74, 6) is 0.840. The molecule has 1 aromatic heterocycles. The van der Waals surface area contributed by atoms with Gasteiger partial charge in [0.25, 0.3) is 0 Å². The second kappa shape index (κ2) is 9.20. The zero-order chi connectivity index (χ0) is 15.6. The minimum atomic E-state index is -0.143. The Morgan fingerprint density at radius 3 is 2.68 bits per heavy atom. The Balaban J connectivity index is 1.91. The van der Waals surface area contributed by atoms with Gasteiger partial charge in [0.15, 0.2) is 0 Å². The van der Waals surface area contributed by atoms with Crippen LogP contribution in [0.3, 0.4) is 0 Å². The summed E-state index contributed by atoms with van der Waals surface area (Å²) in [5, 5.41) is 4.74. The smallest absolute Gasteiger partial charge is 0.259 e. The van der Waals surface area contributed by atoms with Crippen molar-refractivity contribution in [3.05, 3.63) is 54.1 Å². The summed E-state index contributed by atoms with van der Waals surface area (Å²) in [6.07, 6.45) is 8.12. The number of hydrogen-bond acceptors (Lipinski definition) is 3. The molecular formula is C17H21N3OS. The van der Waals surface area contributed by atoms with E-state index in [2.05, 4.69) is 17.0 Å². The molecule has 0 aliphatic carbocycles. The zero-order valence-electron chi connectivity index (χ0n) is 12.8. The maximum absolute atomic E-state index is 11.8. The molecule has 0 atom stereocenters. The summed E-state index contributed by atoms with van der Waals surface area (Å²) in [4.78, 5) is 15.8. The predicted molar refractivity (Wildman–Crippen MR) is 91.1 cm³/mol. The van der Waals surface area contributed by atoms with Gasteiger partial charge in [-0.1, -0.05) is 56.1 Å². The molecule has 0 saturated heterocycles. The van der Waals surface area contributed by atoms with E-state index in [-0.39, 0.29) is 5.24 Å². The van der Waals surface area contributed by atoms with Crippen molar-refractivity contribution in [1.82, 2.24) is 9.78 Å². The first-order chi connectivity index (χ1) is 10.8. The minimum Gasteiger partial charge on any atom is -0.259 e. The lowest BCUT2D eigenvalue weighted by Crippen LogP contribution is -2.09. The van der Waals surface area contributed by atoms with Crippen LogP contribution >= 0.6 is 11.8 Å². The Morgan fingerprint density at radius 2 is 2.00 bits per heavy atom. The summed E-state index contributed by atoms with van der Waals surface area (Å²) in [7, 11) is 0. The van der Waals surface area contributed by atoms with Crippen molar-refractivity contribution in [2.75, 3.05) is 5.75 Å². The van der Waals surface area contributed by atoms with Gasteiger partial charge in [-0.3, -0.25) is 4.79 Å². The third-order valence-corrected chi connectivity index (χ3v) is 4.00. The van der Waals surface area contributed by atoms with Gasteiger partial charge in [-0.2, -0.15) is 5.10 Å². The van der Waals surface area contributed by atoms with Crippen LogP contribution in [0, 0.1) is 0 Å². The van der Waals surface area contributed by atoms with Crippen LogP contribution in [0.25, 0.3) is 5.69 Å². The van der Waals surface area contributed by atoms with E-state index in [1.807, 2.05) is 36.5 Å². The number of carbonyl (C=O) groups is 1. The van der Waals surface area contributed by atoms with Gasteiger partial charge in [0.1, 0.15) is 0 Å². The van der Waals surface area contributed by atoms with E-state index in [9.17, 15) is 4.79 Å². The number of unbranched alkanes of at least 4 members (excludes halogenated alkanes) is 3. The van der Waals surface area contributed by atoms with Gasteiger partial charge in [-0.25, -0.2) is 9.67 Å². The first kappa shape index (κ1) is 16.5. The first-order valence-corrected chi connectivity index (χ1v) is 8.60. The van der Waals surface area contributed by atoms with Crippen LogP contribution in [0.15, 0.2) is 53.8 Å². The molecular weight excluding hydrogens is 294 g/mol. The molecule has 2 rings (SSSR count). The van der Waals surface area contributed by atoms with Crippen molar-refractivity contribution >= 4 is 17.0 Å². The van der Waals surface area contributed by atoms with Crippen molar-refractivity contribution in [3.8, 4) is 5.69 Å². The largest absolute Gasteiger partial charge is 0.305 e. The van der Waals surface area contributed by atoms with Gasteiger partial charge in [0.2, 0.25) is 0 Å². The Labute approximate surface area is 135 Å². The number of nitrogens with zero attached hydrogens (tertiary/aromatic N) is 3. The highest BCUT2D eigenvalue weighted by atomic mass is 32.2. The normalized spacial score (nSPS) is 11.6. The number of amides is 1. The Morgan fingerprint density at radius 1 is 1.18 bits per heavy atom. The van der Waals surface area contributed by atoms with Gasteiger partial charge >= 0.3 is 5.24 Å². The average Bonchev–Trinajstić information content (AvgIpc) is 2.56. The molecule has 5 heteroatoms. The highest BCUT2D eigenvalue weighted by molar-refractivity contribution is 8.13. The number of carbonyl (C=O) groups excluding carboxylic acids is 1. The first-order valence-electron chi connectivity index (χ1n) is 7.61. The van der Waals surface area contributed by atoms with E-state index < -0.39 is 0 Å². The van der Waals surface area contributed by atoms with Crippen LogP contribution in [0.4, 0.5) is 4.79 Å². The van der Waals surface area contributed by atoms with Crippen LogP contribution < -0.4 is 5.36 Å². The van der Waals surface area contributed by atoms with Crippen LogP contribution in [-0.4, -0.2) is 20.8 Å². The topological polar surface area (TPSA) is 47.2 Å². The number of hydrogen-bond donors (Lipinski definition) is 0. The molecule has 1 aromatic carbocycles. The van der Waals surface area contributed by atoms with Gasteiger partial charge in [0, 0.05) is 11.9 Å². The molecule has 0 unspecified atom stereocenters. The second-order valence-corrected chi connectivity index (χ2v) is 6.00. The molecule has 22 heavy (non-hydrogen) atoms. The maximum Gasteiger partial charge on any atom is 0.305 e. The molecule has 0 saturated carbocycles. The molecule has 0 fully saturated rings. The Kier molecular flexibility index (Phi) is 6.90. The van der Waals surface area contributed by atoms with Crippen LogP contribution in [-0.2, 0) is 0 Å². The number of benzene rings is 1. The molecule has 0 aliphatic heterocycles. The highest BCUT2D eigenvalue weighted by Gasteiger charge is 2.00. The SMILES string of the molecule is CCCCCCSC(=O)N=c1ccn(-c2ccccc2)nc1. The van der Waals surface area contributed by atoms with E-state index >= 15 is 0 Å². The monoisotopic (exact) mass is 315 g/mol. The average molecular weight is 315 g/mol. The third-order valence-electron chi connectivity index (χ3n) is 3.17. The summed E-state index contributed by atoms with van der Waals surface area (Å²) in [6, 6.07) is 11.6. The Hall–Kier alpha value is -1.88. The molecule has 1 amide bonds. The maximum atomic E-state index is 11.8. The fraction of sp³-hybridized carbons (Fsp3) is 0.353. The molecule has 0 N–H and O–H groups in total. The molecule has 0 spiro atoms. The lowest BCUT2D eigenvalue weighted by Gasteiger charge is -2.03. The lowest BCUT2D eigenvalue weighted by molar-refractivity contribution is 0.267. The zero-order valence-corrected chi connectivity index (χ0v) is 13.6. The third kappa shape index (κ3) is 5.48. The van der Waals surface area contributed by atoms with E-state index in [0.717, 1.165) is 17.9 Å². The molecule has 116 valence electrons. The van der Waals surface area contributed by atoms with E-state index in [1.165, 1.54) is 31.0 Å². The summed E-state index contributed by atoms with van der Waals surface area (Å²) >= 11 is 1.28. The van der Waals surface area contributed by atoms with Gasteiger partial charge in [-0.05, 0) is 24.6 Å². The molecule has 0 aliphatic rings. The number of para-hydroxylation sites is 1. The van der Waals surface area contributed by atoms with Crippen molar-refractivity contribution in [3.63, 3.8) is 0 Å². The Bertz CT molecular complexity index is 632. The summed E-state index contributed by atoms with van der Waals surface area (Å²) in [6.45, 7) is 2.18. The van der Waals surface area contributed by atoms with Crippen LogP contribution in [0.5, 0.6) is 0 Å². The van der Waals surface area contributed by atoms with Gasteiger partial charge < -0.3 is 0 Å². The standard InChI is InChI=1S/C17H21N3OS/c1-2-3-4-8-13-22-17(21)19-15-11-12-20(18-14-15)16-9-6-5-7-10-16/h5-7,9-12,14H,2-4,8,13H2,1H3. The van der Waals surface area contributed by atoms with Crippen LogP contribution in [0.1, 0.15) is 32.6 Å². The van der Waals surface area contributed by atoms with Gasteiger partial charge in [0.05, 0.1) is 17.2 Å². The fourth-order valence-electron chi connectivity index (χ4n) is 1.98. The summed E-state index contributed by atoms with van der Waals surface area (Å²) in [5.41, 5.74) is 0.977. The van der Waals surface area contributed by atoms with E-state index in [0.29, 0.717) is 5.36 Å². The number of aromatic nitrogens is 2. The van der Waals surface area contributed by atoms with Crippen molar-refractivity contribution in [2.45, 2.75) is 32.6 Å². The quantitative estimate of drug-likeness (QED) is 0.750. The van der Waals surface area contributed by atoms with Crippen molar-refractivity contribution in [1.29, 1.82) is 0 Å². The van der Waals surface area contributed by atoms with Crippen LogP contribution in [0.2, 0.25) is 0 Å². The van der Waals surface area contributed by atoms with E-state index in [4.69, 9.17) is 0 Å².